The minimum Gasteiger partial charge on any atom is -0.481 e. The third-order valence-corrected chi connectivity index (χ3v) is 4.79. The number of fused-ring (bicyclic) bond motifs is 1. The highest BCUT2D eigenvalue weighted by Crippen LogP contribution is 2.34. The quantitative estimate of drug-likeness (QED) is 0.897. The maximum atomic E-state index is 12.5. The Balaban J connectivity index is 1.70. The fourth-order valence-corrected chi connectivity index (χ4v) is 3.66. The van der Waals surface area contributed by atoms with Gasteiger partial charge in [0.2, 0.25) is 5.91 Å². The van der Waals surface area contributed by atoms with Crippen LogP contribution in [-0.4, -0.2) is 17.0 Å². The lowest BCUT2D eigenvalue weighted by Crippen LogP contribution is -2.41. The molecule has 114 valence electrons. The lowest BCUT2D eigenvalue weighted by Gasteiger charge is -2.30. The monoisotopic (exact) mass is 291 g/mol. The van der Waals surface area contributed by atoms with Gasteiger partial charge in [0.15, 0.2) is 0 Å². The Hall–Kier alpha value is -1.78. The Bertz CT molecular complexity index is 536. The van der Waals surface area contributed by atoms with E-state index in [1.165, 1.54) is 0 Å². The molecule has 1 aromatic rings. The minimum atomic E-state index is -0.845. The molecule has 1 saturated carbocycles. The molecule has 0 aliphatic heterocycles. The van der Waals surface area contributed by atoms with Crippen molar-refractivity contribution in [3.63, 3.8) is 0 Å². The van der Waals surface area contributed by atoms with Crippen molar-refractivity contribution in [3.8, 4) is 0 Å². The molecule has 0 saturated heterocycles. The number of aryl methyl sites for hydroxylation is 1. The predicted octanol–water partition coefficient (Wildman–Crippen LogP) is 2.66. The standard InChI is InChI=1S/C16H21NO4/c18-15(10-4-1-2-5-11(10)16(19)20)17-13-6-3-7-14-12(13)8-9-21-14/h8-11,13H,1-7H2,(H,17,18)(H,19,20). The fraction of sp³-hybridized carbons (Fsp3) is 0.625. The Labute approximate surface area is 123 Å². The highest BCUT2D eigenvalue weighted by atomic mass is 16.4. The largest absolute Gasteiger partial charge is 0.481 e. The number of carbonyl (C=O) groups excluding carboxylic acids is 1. The summed E-state index contributed by atoms with van der Waals surface area (Å²) in [6, 6.07) is 1.88. The van der Waals surface area contributed by atoms with Crippen LogP contribution in [0.2, 0.25) is 0 Å². The van der Waals surface area contributed by atoms with E-state index in [0.717, 1.165) is 43.4 Å². The third kappa shape index (κ3) is 2.82. The summed E-state index contributed by atoms with van der Waals surface area (Å²) in [5, 5.41) is 12.3. The molecule has 5 heteroatoms. The second-order valence-electron chi connectivity index (χ2n) is 6.09. The van der Waals surface area contributed by atoms with Gasteiger partial charge in [-0.15, -0.1) is 0 Å². The number of nitrogens with one attached hydrogen (secondary N) is 1. The summed E-state index contributed by atoms with van der Waals surface area (Å²) in [5.41, 5.74) is 1.05. The van der Waals surface area contributed by atoms with Crippen molar-refractivity contribution in [3.05, 3.63) is 23.7 Å². The van der Waals surface area contributed by atoms with Crippen molar-refractivity contribution in [2.75, 3.05) is 0 Å². The van der Waals surface area contributed by atoms with Gasteiger partial charge in [0, 0.05) is 12.0 Å². The van der Waals surface area contributed by atoms with E-state index < -0.39 is 17.8 Å². The molecule has 1 heterocycles. The van der Waals surface area contributed by atoms with E-state index >= 15 is 0 Å². The van der Waals surface area contributed by atoms with E-state index in [1.54, 1.807) is 6.26 Å². The van der Waals surface area contributed by atoms with E-state index in [4.69, 9.17) is 4.42 Å². The fourth-order valence-electron chi connectivity index (χ4n) is 3.66. The molecule has 1 aromatic heterocycles. The molecule has 2 N–H and O–H groups in total. The first-order valence-corrected chi connectivity index (χ1v) is 7.76. The second kappa shape index (κ2) is 5.92. The molecule has 0 aromatic carbocycles. The molecule has 2 aliphatic rings. The van der Waals surface area contributed by atoms with Gasteiger partial charge < -0.3 is 14.8 Å². The molecule has 5 nitrogen and oxygen atoms in total. The van der Waals surface area contributed by atoms with Crippen LogP contribution in [0.4, 0.5) is 0 Å². The number of amides is 1. The molecule has 3 atom stereocenters. The normalized spacial score (nSPS) is 28.7. The van der Waals surface area contributed by atoms with Gasteiger partial charge in [0.1, 0.15) is 5.76 Å². The predicted molar refractivity (Wildman–Crippen MR) is 75.6 cm³/mol. The maximum absolute atomic E-state index is 12.5. The Morgan fingerprint density at radius 3 is 2.67 bits per heavy atom. The summed E-state index contributed by atoms with van der Waals surface area (Å²) < 4.78 is 5.43. The van der Waals surface area contributed by atoms with Crippen molar-refractivity contribution in [1.82, 2.24) is 5.32 Å². The molecule has 1 amide bonds. The van der Waals surface area contributed by atoms with E-state index in [9.17, 15) is 14.7 Å². The van der Waals surface area contributed by atoms with Crippen molar-refractivity contribution in [2.24, 2.45) is 11.8 Å². The van der Waals surface area contributed by atoms with Crippen molar-refractivity contribution in [2.45, 2.75) is 51.0 Å². The Kier molecular flexibility index (Phi) is 3.99. The summed E-state index contributed by atoms with van der Waals surface area (Å²) in [4.78, 5) is 23.8. The van der Waals surface area contributed by atoms with Gasteiger partial charge in [-0.2, -0.15) is 0 Å². The van der Waals surface area contributed by atoms with E-state index in [2.05, 4.69) is 5.32 Å². The molecule has 0 spiro atoms. The Morgan fingerprint density at radius 1 is 1.14 bits per heavy atom. The van der Waals surface area contributed by atoms with Crippen molar-refractivity contribution < 1.29 is 19.1 Å². The van der Waals surface area contributed by atoms with Gasteiger partial charge >= 0.3 is 5.97 Å². The molecule has 3 unspecified atom stereocenters. The number of carbonyl (C=O) groups is 2. The zero-order valence-electron chi connectivity index (χ0n) is 12.0. The number of rotatable bonds is 3. The maximum Gasteiger partial charge on any atom is 0.307 e. The number of hydrogen-bond acceptors (Lipinski definition) is 3. The van der Waals surface area contributed by atoms with Crippen LogP contribution in [0.5, 0.6) is 0 Å². The van der Waals surface area contributed by atoms with E-state index in [0.29, 0.717) is 12.8 Å². The molecular weight excluding hydrogens is 270 g/mol. The SMILES string of the molecule is O=C(O)C1CCCCC1C(=O)NC1CCCc2occc21. The van der Waals surface area contributed by atoms with Gasteiger partial charge in [-0.3, -0.25) is 9.59 Å². The van der Waals surface area contributed by atoms with Gasteiger partial charge in [0.05, 0.1) is 24.1 Å². The van der Waals surface area contributed by atoms with Crippen LogP contribution in [0.3, 0.4) is 0 Å². The summed E-state index contributed by atoms with van der Waals surface area (Å²) in [6.07, 6.45) is 7.56. The first-order chi connectivity index (χ1) is 10.2. The summed E-state index contributed by atoms with van der Waals surface area (Å²) in [5.74, 6) is -0.937. The molecular formula is C16H21NO4. The lowest BCUT2D eigenvalue weighted by molar-refractivity contribution is -0.149. The van der Waals surface area contributed by atoms with Crippen LogP contribution in [-0.2, 0) is 16.0 Å². The molecule has 0 radical (unpaired) electrons. The molecule has 2 aliphatic carbocycles. The van der Waals surface area contributed by atoms with Crippen LogP contribution in [0, 0.1) is 11.8 Å². The number of furan rings is 1. The summed E-state index contributed by atoms with van der Waals surface area (Å²) >= 11 is 0. The molecule has 21 heavy (non-hydrogen) atoms. The van der Waals surface area contributed by atoms with E-state index in [1.807, 2.05) is 6.07 Å². The number of aliphatic carboxylic acids is 1. The zero-order valence-corrected chi connectivity index (χ0v) is 12.0. The van der Waals surface area contributed by atoms with Gasteiger partial charge in [0.25, 0.3) is 0 Å². The average molecular weight is 291 g/mol. The molecule has 3 rings (SSSR count). The van der Waals surface area contributed by atoms with E-state index in [-0.39, 0.29) is 11.9 Å². The summed E-state index contributed by atoms with van der Waals surface area (Å²) in [6.45, 7) is 0. The van der Waals surface area contributed by atoms with Crippen molar-refractivity contribution in [1.29, 1.82) is 0 Å². The summed E-state index contributed by atoms with van der Waals surface area (Å²) in [7, 11) is 0. The highest BCUT2D eigenvalue weighted by molar-refractivity contribution is 5.85. The zero-order chi connectivity index (χ0) is 14.8. The molecule has 1 fully saturated rings. The second-order valence-corrected chi connectivity index (χ2v) is 6.09. The van der Waals surface area contributed by atoms with Gasteiger partial charge in [-0.05, 0) is 31.7 Å². The van der Waals surface area contributed by atoms with Crippen LogP contribution in [0.1, 0.15) is 55.9 Å². The van der Waals surface area contributed by atoms with Crippen LogP contribution < -0.4 is 5.32 Å². The minimum absolute atomic E-state index is 0.0311. The smallest absolute Gasteiger partial charge is 0.307 e. The van der Waals surface area contributed by atoms with Crippen LogP contribution >= 0.6 is 0 Å². The number of carboxylic acids is 1. The number of hydrogen-bond donors (Lipinski definition) is 2. The average Bonchev–Trinajstić information content (AvgIpc) is 2.96. The topological polar surface area (TPSA) is 79.5 Å². The Morgan fingerprint density at radius 2 is 1.90 bits per heavy atom. The van der Waals surface area contributed by atoms with Crippen molar-refractivity contribution >= 4 is 11.9 Å². The molecule has 0 bridgehead atoms. The highest BCUT2D eigenvalue weighted by Gasteiger charge is 2.37. The van der Waals surface area contributed by atoms with Crippen LogP contribution in [0.25, 0.3) is 0 Å². The van der Waals surface area contributed by atoms with Gasteiger partial charge in [-0.25, -0.2) is 0 Å². The first kappa shape index (κ1) is 14.2. The third-order valence-electron chi connectivity index (χ3n) is 4.79. The lowest BCUT2D eigenvalue weighted by atomic mass is 9.78. The van der Waals surface area contributed by atoms with Gasteiger partial charge in [-0.1, -0.05) is 12.8 Å². The number of carboxylic acid groups (broad SMARTS) is 1. The first-order valence-electron chi connectivity index (χ1n) is 7.76. The van der Waals surface area contributed by atoms with Crippen LogP contribution in [0.15, 0.2) is 16.7 Å².